The molecule has 132 valence electrons. The molecule has 0 bridgehead atoms. The zero-order valence-electron chi connectivity index (χ0n) is 14.4. The fourth-order valence-corrected chi connectivity index (χ4v) is 2.34. The second-order valence-electron chi connectivity index (χ2n) is 5.90. The summed E-state index contributed by atoms with van der Waals surface area (Å²) in [6.45, 7) is 2.73. The standard InChI is InChI=1S/C20H19FN4O/c1-14-6-8-15(9-7-14)10-25-20(26)18-12-24-19(13-22-18)23-11-16-4-2-3-5-17(16)21/h2-9,12-13H,10-11H2,1H3,(H,23,24)(H,25,26). The second kappa shape index (κ2) is 8.20. The van der Waals surface area contributed by atoms with Gasteiger partial charge in [-0.15, -0.1) is 0 Å². The smallest absolute Gasteiger partial charge is 0.271 e. The van der Waals surface area contributed by atoms with Crippen molar-refractivity contribution in [3.05, 3.63) is 89.1 Å². The molecule has 0 spiro atoms. The van der Waals surface area contributed by atoms with Crippen LogP contribution in [0, 0.1) is 12.7 Å². The summed E-state index contributed by atoms with van der Waals surface area (Å²) in [4.78, 5) is 20.4. The number of aryl methyl sites for hydroxylation is 1. The van der Waals surface area contributed by atoms with Gasteiger partial charge in [-0.3, -0.25) is 4.79 Å². The lowest BCUT2D eigenvalue weighted by molar-refractivity contribution is 0.0945. The van der Waals surface area contributed by atoms with E-state index < -0.39 is 0 Å². The van der Waals surface area contributed by atoms with Crippen LogP contribution in [-0.4, -0.2) is 15.9 Å². The molecule has 1 amide bonds. The number of halogens is 1. The van der Waals surface area contributed by atoms with Crippen LogP contribution in [0.15, 0.2) is 60.9 Å². The molecule has 0 saturated carbocycles. The lowest BCUT2D eigenvalue weighted by Gasteiger charge is -2.08. The summed E-state index contributed by atoms with van der Waals surface area (Å²) in [5, 5.41) is 5.79. The van der Waals surface area contributed by atoms with Gasteiger partial charge >= 0.3 is 0 Å². The predicted molar refractivity (Wildman–Crippen MR) is 98.1 cm³/mol. The summed E-state index contributed by atoms with van der Waals surface area (Å²) in [7, 11) is 0. The minimum Gasteiger partial charge on any atom is -0.365 e. The Balaban J connectivity index is 1.54. The number of carbonyl (C=O) groups excluding carboxylic acids is 1. The molecular formula is C20H19FN4O. The molecule has 0 atom stereocenters. The Morgan fingerprint density at radius 3 is 2.46 bits per heavy atom. The van der Waals surface area contributed by atoms with E-state index in [9.17, 15) is 9.18 Å². The van der Waals surface area contributed by atoms with Crippen molar-refractivity contribution in [3.8, 4) is 0 Å². The predicted octanol–water partition coefficient (Wildman–Crippen LogP) is 3.47. The Morgan fingerprint density at radius 2 is 1.77 bits per heavy atom. The fraction of sp³-hybridized carbons (Fsp3) is 0.150. The van der Waals surface area contributed by atoms with Gasteiger partial charge < -0.3 is 10.6 Å². The number of anilines is 1. The number of hydrogen-bond donors (Lipinski definition) is 2. The van der Waals surface area contributed by atoms with E-state index in [1.807, 2.05) is 31.2 Å². The molecule has 6 heteroatoms. The normalized spacial score (nSPS) is 10.4. The molecule has 3 aromatic rings. The number of nitrogens with one attached hydrogen (secondary N) is 2. The van der Waals surface area contributed by atoms with Crippen molar-refractivity contribution in [2.45, 2.75) is 20.0 Å². The van der Waals surface area contributed by atoms with Crippen LogP contribution in [0.2, 0.25) is 0 Å². The van der Waals surface area contributed by atoms with Crippen molar-refractivity contribution < 1.29 is 9.18 Å². The van der Waals surface area contributed by atoms with Crippen LogP contribution >= 0.6 is 0 Å². The Labute approximate surface area is 151 Å². The highest BCUT2D eigenvalue weighted by Gasteiger charge is 2.08. The maximum Gasteiger partial charge on any atom is 0.271 e. The molecular weight excluding hydrogens is 331 g/mol. The molecule has 3 rings (SSSR count). The van der Waals surface area contributed by atoms with E-state index in [1.54, 1.807) is 18.2 Å². The van der Waals surface area contributed by atoms with Gasteiger partial charge in [0.25, 0.3) is 5.91 Å². The van der Waals surface area contributed by atoms with Crippen molar-refractivity contribution in [2.75, 3.05) is 5.32 Å². The highest BCUT2D eigenvalue weighted by molar-refractivity contribution is 5.91. The highest BCUT2D eigenvalue weighted by atomic mass is 19.1. The minimum absolute atomic E-state index is 0.230. The quantitative estimate of drug-likeness (QED) is 0.714. The largest absolute Gasteiger partial charge is 0.365 e. The molecule has 0 radical (unpaired) electrons. The number of rotatable bonds is 6. The first-order valence-electron chi connectivity index (χ1n) is 8.25. The van der Waals surface area contributed by atoms with Crippen LogP contribution in [0.3, 0.4) is 0 Å². The zero-order valence-corrected chi connectivity index (χ0v) is 14.4. The van der Waals surface area contributed by atoms with Crippen molar-refractivity contribution in [3.63, 3.8) is 0 Å². The maximum absolute atomic E-state index is 13.6. The first-order valence-corrected chi connectivity index (χ1v) is 8.25. The van der Waals surface area contributed by atoms with Gasteiger partial charge in [-0.1, -0.05) is 48.0 Å². The van der Waals surface area contributed by atoms with Crippen molar-refractivity contribution in [2.24, 2.45) is 0 Å². The van der Waals surface area contributed by atoms with E-state index in [0.29, 0.717) is 24.5 Å². The summed E-state index contributed by atoms with van der Waals surface area (Å²) in [5.41, 5.74) is 2.95. The molecule has 0 aliphatic rings. The van der Waals surface area contributed by atoms with Crippen molar-refractivity contribution >= 4 is 11.7 Å². The fourth-order valence-electron chi connectivity index (χ4n) is 2.34. The molecule has 0 saturated heterocycles. The van der Waals surface area contributed by atoms with Crippen LogP contribution in [0.1, 0.15) is 27.2 Å². The van der Waals surface area contributed by atoms with Gasteiger partial charge in [-0.25, -0.2) is 14.4 Å². The van der Waals surface area contributed by atoms with Gasteiger partial charge in [0.15, 0.2) is 0 Å². The van der Waals surface area contributed by atoms with Gasteiger partial charge in [0.2, 0.25) is 0 Å². The summed E-state index contributed by atoms with van der Waals surface area (Å²) in [6.07, 6.45) is 2.86. The number of amides is 1. The van der Waals surface area contributed by atoms with Crippen LogP contribution in [0.5, 0.6) is 0 Å². The lowest BCUT2D eigenvalue weighted by atomic mass is 10.1. The summed E-state index contributed by atoms with van der Waals surface area (Å²) < 4.78 is 13.6. The maximum atomic E-state index is 13.6. The van der Waals surface area contributed by atoms with Crippen molar-refractivity contribution in [1.82, 2.24) is 15.3 Å². The number of carbonyl (C=O) groups is 1. The average Bonchev–Trinajstić information content (AvgIpc) is 2.67. The number of hydrogen-bond acceptors (Lipinski definition) is 4. The summed E-state index contributed by atoms with van der Waals surface area (Å²) >= 11 is 0. The summed E-state index contributed by atoms with van der Waals surface area (Å²) in [6, 6.07) is 14.4. The zero-order chi connectivity index (χ0) is 18.4. The third kappa shape index (κ3) is 4.63. The minimum atomic E-state index is -0.293. The van der Waals surface area contributed by atoms with E-state index in [1.165, 1.54) is 24.0 Å². The van der Waals surface area contributed by atoms with Crippen LogP contribution in [-0.2, 0) is 13.1 Å². The molecule has 5 nitrogen and oxygen atoms in total. The van der Waals surface area contributed by atoms with Gasteiger partial charge in [0.05, 0.1) is 12.4 Å². The third-order valence-electron chi connectivity index (χ3n) is 3.88. The van der Waals surface area contributed by atoms with Crippen molar-refractivity contribution in [1.29, 1.82) is 0 Å². The molecule has 0 fully saturated rings. The second-order valence-corrected chi connectivity index (χ2v) is 5.90. The van der Waals surface area contributed by atoms with Gasteiger partial charge in [0, 0.05) is 18.7 Å². The van der Waals surface area contributed by atoms with E-state index in [-0.39, 0.29) is 17.4 Å². The van der Waals surface area contributed by atoms with E-state index in [4.69, 9.17) is 0 Å². The first kappa shape index (κ1) is 17.5. The number of nitrogens with zero attached hydrogens (tertiary/aromatic N) is 2. The first-order chi connectivity index (χ1) is 12.6. The monoisotopic (exact) mass is 350 g/mol. The molecule has 0 aliphatic heterocycles. The molecule has 0 aliphatic carbocycles. The molecule has 2 aromatic carbocycles. The van der Waals surface area contributed by atoms with E-state index in [2.05, 4.69) is 20.6 Å². The number of benzene rings is 2. The lowest BCUT2D eigenvalue weighted by Crippen LogP contribution is -2.24. The van der Waals surface area contributed by atoms with Crippen LogP contribution in [0.4, 0.5) is 10.2 Å². The molecule has 26 heavy (non-hydrogen) atoms. The topological polar surface area (TPSA) is 66.9 Å². The van der Waals surface area contributed by atoms with Crippen LogP contribution < -0.4 is 10.6 Å². The highest BCUT2D eigenvalue weighted by Crippen LogP contribution is 2.09. The SMILES string of the molecule is Cc1ccc(CNC(=O)c2cnc(NCc3ccccc3F)cn2)cc1. The van der Waals surface area contributed by atoms with Gasteiger partial charge in [0.1, 0.15) is 17.3 Å². The van der Waals surface area contributed by atoms with Gasteiger partial charge in [-0.2, -0.15) is 0 Å². The average molecular weight is 350 g/mol. The molecule has 1 heterocycles. The molecule has 0 unspecified atom stereocenters. The van der Waals surface area contributed by atoms with E-state index >= 15 is 0 Å². The Bertz CT molecular complexity index is 879. The van der Waals surface area contributed by atoms with Crippen LogP contribution in [0.25, 0.3) is 0 Å². The molecule has 1 aromatic heterocycles. The Kier molecular flexibility index (Phi) is 5.53. The van der Waals surface area contributed by atoms with Gasteiger partial charge in [-0.05, 0) is 18.6 Å². The third-order valence-corrected chi connectivity index (χ3v) is 3.88. The Hall–Kier alpha value is -3.28. The Morgan fingerprint density at radius 1 is 1.00 bits per heavy atom. The number of aromatic nitrogens is 2. The molecule has 2 N–H and O–H groups in total. The van der Waals surface area contributed by atoms with E-state index in [0.717, 1.165) is 5.56 Å². The summed E-state index contributed by atoms with van der Waals surface area (Å²) in [5.74, 6) is -0.0953.